The van der Waals surface area contributed by atoms with Crippen LogP contribution in [0.3, 0.4) is 0 Å². The highest BCUT2D eigenvalue weighted by molar-refractivity contribution is 5.72. The van der Waals surface area contributed by atoms with Gasteiger partial charge in [-0.3, -0.25) is 9.78 Å². The molecule has 0 amide bonds. The molecule has 1 heterocycles. The third-order valence-corrected chi connectivity index (χ3v) is 5.44. The van der Waals surface area contributed by atoms with Gasteiger partial charge in [-0.05, 0) is 69.1 Å². The molecule has 0 aliphatic carbocycles. The number of aromatic nitrogens is 1. The summed E-state index contributed by atoms with van der Waals surface area (Å²) in [5.74, 6) is 0.314. The minimum atomic E-state index is -0.191. The summed E-state index contributed by atoms with van der Waals surface area (Å²) in [4.78, 5) is 16.5. The molecule has 0 radical (unpaired) electrons. The van der Waals surface area contributed by atoms with E-state index in [1.54, 1.807) is 6.20 Å². The van der Waals surface area contributed by atoms with Gasteiger partial charge in [-0.1, -0.05) is 63.1 Å². The maximum absolute atomic E-state index is 12.0. The molecule has 4 heteroatoms. The molecular weight excluding hydrogens is 410 g/mol. The Hall–Kier alpha value is -2.46. The summed E-state index contributed by atoms with van der Waals surface area (Å²) < 4.78 is 11.0. The lowest BCUT2D eigenvalue weighted by molar-refractivity contribution is -0.134. The summed E-state index contributed by atoms with van der Waals surface area (Å²) >= 11 is 0. The van der Waals surface area contributed by atoms with Crippen LogP contribution in [-0.2, 0) is 16.0 Å². The van der Waals surface area contributed by atoms with E-state index in [4.69, 9.17) is 9.47 Å². The zero-order valence-corrected chi connectivity index (χ0v) is 20.6. The van der Waals surface area contributed by atoms with Crippen molar-refractivity contribution in [3.63, 3.8) is 0 Å². The van der Waals surface area contributed by atoms with Gasteiger partial charge in [0, 0.05) is 25.2 Å². The van der Waals surface area contributed by atoms with Gasteiger partial charge in [0.1, 0.15) is 5.75 Å². The summed E-state index contributed by atoms with van der Waals surface area (Å²) in [5.41, 5.74) is 3.30. The van der Waals surface area contributed by atoms with Crippen molar-refractivity contribution in [3.8, 4) is 17.0 Å². The van der Waals surface area contributed by atoms with Crippen molar-refractivity contribution in [1.29, 1.82) is 0 Å². The Balaban J connectivity index is 1.68. The molecule has 0 atom stereocenters. The van der Waals surface area contributed by atoms with Crippen LogP contribution >= 0.6 is 0 Å². The molecule has 0 aliphatic heterocycles. The molecule has 4 nitrogen and oxygen atoms in total. The first kappa shape index (κ1) is 26.8. The van der Waals surface area contributed by atoms with Crippen molar-refractivity contribution in [1.82, 2.24) is 4.98 Å². The van der Waals surface area contributed by atoms with E-state index >= 15 is 0 Å². The number of aryl methyl sites for hydroxylation is 1. The predicted octanol–water partition coefficient (Wildman–Crippen LogP) is 7.71. The molecule has 0 saturated heterocycles. The molecule has 0 fully saturated rings. The van der Waals surface area contributed by atoms with E-state index in [9.17, 15) is 4.79 Å². The van der Waals surface area contributed by atoms with Gasteiger partial charge in [-0.25, -0.2) is 0 Å². The Bertz CT molecular complexity index is 797. The van der Waals surface area contributed by atoms with Crippen LogP contribution in [0, 0.1) is 0 Å². The van der Waals surface area contributed by atoms with E-state index in [1.165, 1.54) is 24.8 Å². The number of esters is 1. The van der Waals surface area contributed by atoms with Gasteiger partial charge in [0.05, 0.1) is 11.9 Å². The molecule has 33 heavy (non-hydrogen) atoms. The van der Waals surface area contributed by atoms with E-state index in [0.29, 0.717) is 12.2 Å². The number of carbonyl (C=O) groups excluding carboxylic acids is 1. The maximum atomic E-state index is 12.0. The minimum absolute atomic E-state index is 0.191. The molecule has 180 valence electrons. The van der Waals surface area contributed by atoms with E-state index in [2.05, 4.69) is 55.2 Å². The third-order valence-electron chi connectivity index (χ3n) is 5.44. The second-order valence-corrected chi connectivity index (χ2v) is 8.48. The maximum Gasteiger partial charge on any atom is 0.311 e. The van der Waals surface area contributed by atoms with Crippen molar-refractivity contribution < 1.29 is 14.3 Å². The second-order valence-electron chi connectivity index (χ2n) is 8.48. The van der Waals surface area contributed by atoms with Crippen molar-refractivity contribution in [2.45, 2.75) is 84.5 Å². The number of ether oxygens (including phenoxy) is 2. The smallest absolute Gasteiger partial charge is 0.311 e. The number of benzene rings is 1. The normalized spacial score (nSPS) is 11.2. The Morgan fingerprint density at radius 3 is 2.39 bits per heavy atom. The lowest BCUT2D eigenvalue weighted by Crippen LogP contribution is -2.07. The molecule has 1 aromatic heterocycles. The number of carbonyl (C=O) groups is 1. The predicted molar refractivity (Wildman–Crippen MR) is 136 cm³/mol. The van der Waals surface area contributed by atoms with Crippen molar-refractivity contribution in [2.24, 2.45) is 0 Å². The molecule has 0 aliphatic rings. The average molecular weight is 452 g/mol. The highest BCUT2D eigenvalue weighted by atomic mass is 16.5. The lowest BCUT2D eigenvalue weighted by Gasteiger charge is -2.07. The highest BCUT2D eigenvalue weighted by Gasteiger charge is 2.06. The number of hydrogen-bond acceptors (Lipinski definition) is 4. The zero-order valence-electron chi connectivity index (χ0n) is 20.6. The molecule has 2 aromatic rings. The van der Waals surface area contributed by atoms with Gasteiger partial charge in [-0.15, -0.1) is 0 Å². The third kappa shape index (κ3) is 11.8. The van der Waals surface area contributed by atoms with E-state index in [-0.39, 0.29) is 5.97 Å². The van der Waals surface area contributed by atoms with Gasteiger partial charge in [0.25, 0.3) is 0 Å². The number of nitrogens with zero attached hydrogens (tertiary/aromatic N) is 1. The molecule has 0 spiro atoms. The van der Waals surface area contributed by atoms with Crippen LogP contribution in [0.15, 0.2) is 54.7 Å². The fraction of sp³-hybridized carbons (Fsp3) is 0.517. The highest BCUT2D eigenvalue weighted by Crippen LogP contribution is 2.21. The van der Waals surface area contributed by atoms with Crippen molar-refractivity contribution in [2.75, 3.05) is 13.2 Å². The standard InChI is InChI=1S/C29H41NO3/c1-3-5-6-7-8-9-12-15-29(31)33-27-20-21-28(30-24-27)26-18-16-25(17-19-26)14-11-10-13-23-32-22-4-2/h6-7,16-21,24H,3-5,8-15,22-23H2,1-2H3/b7-6+. The van der Waals surface area contributed by atoms with Gasteiger partial charge in [-0.2, -0.15) is 0 Å². The van der Waals surface area contributed by atoms with Gasteiger partial charge < -0.3 is 9.47 Å². The average Bonchev–Trinajstić information content (AvgIpc) is 2.84. The number of unbranched alkanes of at least 4 members (excludes halogenated alkanes) is 5. The first-order valence-corrected chi connectivity index (χ1v) is 12.7. The summed E-state index contributed by atoms with van der Waals surface area (Å²) in [5, 5.41) is 0. The molecule has 1 aromatic carbocycles. The van der Waals surface area contributed by atoms with Crippen LogP contribution in [-0.4, -0.2) is 24.2 Å². The Kier molecular flexibility index (Phi) is 13.9. The number of hydrogen-bond donors (Lipinski definition) is 0. The summed E-state index contributed by atoms with van der Waals surface area (Å²) in [7, 11) is 0. The van der Waals surface area contributed by atoms with Gasteiger partial charge >= 0.3 is 5.97 Å². The number of pyridine rings is 1. The number of allylic oxidation sites excluding steroid dienone is 2. The van der Waals surface area contributed by atoms with E-state index < -0.39 is 0 Å². The zero-order chi connectivity index (χ0) is 23.6. The van der Waals surface area contributed by atoms with Crippen LogP contribution in [0.5, 0.6) is 5.75 Å². The van der Waals surface area contributed by atoms with Gasteiger partial charge in [0.15, 0.2) is 0 Å². The fourth-order valence-electron chi connectivity index (χ4n) is 3.53. The monoisotopic (exact) mass is 451 g/mol. The van der Waals surface area contributed by atoms with Crippen LogP contribution in [0.1, 0.15) is 83.6 Å². The van der Waals surface area contributed by atoms with Crippen LogP contribution in [0.2, 0.25) is 0 Å². The Morgan fingerprint density at radius 2 is 1.67 bits per heavy atom. The fourth-order valence-corrected chi connectivity index (χ4v) is 3.53. The van der Waals surface area contributed by atoms with E-state index in [0.717, 1.165) is 69.4 Å². The molecule has 0 unspecified atom stereocenters. The summed E-state index contributed by atoms with van der Waals surface area (Å²) in [6.07, 6.45) is 17.4. The largest absolute Gasteiger partial charge is 0.425 e. The van der Waals surface area contributed by atoms with Crippen LogP contribution in [0.4, 0.5) is 0 Å². The van der Waals surface area contributed by atoms with Crippen molar-refractivity contribution >= 4 is 5.97 Å². The molecule has 0 saturated carbocycles. The topological polar surface area (TPSA) is 48.4 Å². The van der Waals surface area contributed by atoms with Crippen LogP contribution < -0.4 is 4.74 Å². The number of rotatable bonds is 17. The van der Waals surface area contributed by atoms with Crippen LogP contribution in [0.25, 0.3) is 11.3 Å². The first-order valence-electron chi connectivity index (χ1n) is 12.7. The second kappa shape index (κ2) is 17.1. The molecule has 2 rings (SSSR count). The summed E-state index contributed by atoms with van der Waals surface area (Å²) in [6, 6.07) is 12.3. The summed E-state index contributed by atoms with van der Waals surface area (Å²) in [6.45, 7) is 6.06. The van der Waals surface area contributed by atoms with Gasteiger partial charge in [0.2, 0.25) is 0 Å². The Labute approximate surface area is 200 Å². The molecular formula is C29H41NO3. The SMILES string of the molecule is CCC/C=C/CCCCC(=O)Oc1ccc(-c2ccc(CCCCCOCCC)cc2)nc1. The molecule has 0 bridgehead atoms. The van der Waals surface area contributed by atoms with E-state index in [1.807, 2.05) is 12.1 Å². The molecule has 0 N–H and O–H groups in total. The van der Waals surface area contributed by atoms with Crippen molar-refractivity contribution in [3.05, 3.63) is 60.3 Å². The minimum Gasteiger partial charge on any atom is -0.425 e. The lowest BCUT2D eigenvalue weighted by atomic mass is 10.0. The Morgan fingerprint density at radius 1 is 0.848 bits per heavy atom. The first-order chi connectivity index (χ1) is 16.2. The quantitative estimate of drug-likeness (QED) is 0.140.